The van der Waals surface area contributed by atoms with Gasteiger partial charge in [-0.1, -0.05) is 47.5 Å². The molecule has 0 fully saturated rings. The fourth-order valence-corrected chi connectivity index (χ4v) is 1.98. The molecule has 0 aromatic carbocycles. The van der Waals surface area contributed by atoms with Crippen molar-refractivity contribution in [3.63, 3.8) is 0 Å². The van der Waals surface area contributed by atoms with Crippen LogP contribution in [0.25, 0.3) is 0 Å². The first-order chi connectivity index (χ1) is 7.31. The summed E-state index contributed by atoms with van der Waals surface area (Å²) in [5.74, 6) is 0.0325. The van der Waals surface area contributed by atoms with Crippen LogP contribution < -0.4 is 0 Å². The molecule has 0 bridgehead atoms. The highest BCUT2D eigenvalue weighted by Crippen LogP contribution is 2.31. The molecule has 16 heavy (non-hydrogen) atoms. The largest absolute Gasteiger partial charge is 0.345 e. The summed E-state index contributed by atoms with van der Waals surface area (Å²) in [4.78, 5) is 20.9. The molecule has 3 heteroatoms. The summed E-state index contributed by atoms with van der Waals surface area (Å²) < 4.78 is 0. The van der Waals surface area contributed by atoms with E-state index in [0.717, 1.165) is 19.3 Å². The summed E-state index contributed by atoms with van der Waals surface area (Å²) in [5.41, 5.74) is 0.124. The number of carbonyl (C=O) groups excluding carboxylic acids is 1. The quantitative estimate of drug-likeness (QED) is 0.517. The van der Waals surface area contributed by atoms with Crippen LogP contribution in [-0.4, -0.2) is 13.1 Å². The minimum absolute atomic E-state index is 0.0695. The fourth-order valence-electron chi connectivity index (χ4n) is 1.98. The summed E-state index contributed by atoms with van der Waals surface area (Å²) in [7, 11) is 1.37. The van der Waals surface area contributed by atoms with Crippen LogP contribution in [0, 0.1) is 17.3 Å². The van der Waals surface area contributed by atoms with E-state index in [1.807, 2.05) is 0 Å². The molecule has 3 nitrogen and oxygen atoms in total. The molecule has 0 radical (unpaired) electrons. The van der Waals surface area contributed by atoms with E-state index in [9.17, 15) is 4.79 Å². The standard InChI is InChI=1S/C13H26O3/c1-7-8-10(2)11(9-13(3,4)5)12(14)16-15-6/h10-11H,7-9H2,1-6H3. The van der Waals surface area contributed by atoms with Gasteiger partial charge in [0.25, 0.3) is 0 Å². The number of hydrogen-bond acceptors (Lipinski definition) is 3. The van der Waals surface area contributed by atoms with Crippen LogP contribution in [-0.2, 0) is 14.6 Å². The zero-order valence-corrected chi connectivity index (χ0v) is 11.5. The second-order valence-electron chi connectivity index (χ2n) is 5.71. The van der Waals surface area contributed by atoms with E-state index in [4.69, 9.17) is 0 Å². The smallest absolute Gasteiger partial charge is 0.298 e. The molecule has 0 amide bonds. The molecule has 0 aliphatic rings. The maximum atomic E-state index is 11.8. The van der Waals surface area contributed by atoms with E-state index in [1.54, 1.807) is 0 Å². The van der Waals surface area contributed by atoms with Gasteiger partial charge in [0, 0.05) is 0 Å². The van der Waals surface area contributed by atoms with E-state index in [0.29, 0.717) is 5.92 Å². The third-order valence-electron chi connectivity index (χ3n) is 2.73. The normalized spacial score (nSPS) is 15.6. The number of hydrogen-bond donors (Lipinski definition) is 0. The molecule has 0 aromatic heterocycles. The lowest BCUT2D eigenvalue weighted by Crippen LogP contribution is -2.28. The lowest BCUT2D eigenvalue weighted by Gasteiger charge is -2.28. The van der Waals surface area contributed by atoms with Gasteiger partial charge in [0.15, 0.2) is 0 Å². The van der Waals surface area contributed by atoms with Gasteiger partial charge in [0.1, 0.15) is 0 Å². The summed E-state index contributed by atoms with van der Waals surface area (Å²) >= 11 is 0. The molecule has 2 unspecified atom stereocenters. The van der Waals surface area contributed by atoms with Crippen molar-refractivity contribution in [1.82, 2.24) is 0 Å². The summed E-state index contributed by atoms with van der Waals surface area (Å²) in [6.45, 7) is 10.7. The predicted molar refractivity (Wildman–Crippen MR) is 64.7 cm³/mol. The first-order valence-electron chi connectivity index (χ1n) is 6.06. The Morgan fingerprint density at radius 3 is 2.25 bits per heavy atom. The summed E-state index contributed by atoms with van der Waals surface area (Å²) in [6, 6.07) is 0. The van der Waals surface area contributed by atoms with Crippen LogP contribution >= 0.6 is 0 Å². The Balaban J connectivity index is 4.55. The Hall–Kier alpha value is -0.570. The average Bonchev–Trinajstić information content (AvgIpc) is 2.13. The Bertz CT molecular complexity index is 206. The van der Waals surface area contributed by atoms with Crippen molar-refractivity contribution in [3.8, 4) is 0 Å². The van der Waals surface area contributed by atoms with Crippen molar-refractivity contribution in [2.24, 2.45) is 17.3 Å². The lowest BCUT2D eigenvalue weighted by atomic mass is 9.78. The third kappa shape index (κ3) is 6.11. The maximum absolute atomic E-state index is 11.8. The van der Waals surface area contributed by atoms with Crippen LogP contribution in [0.4, 0.5) is 0 Å². The topological polar surface area (TPSA) is 35.5 Å². The highest BCUT2D eigenvalue weighted by atomic mass is 17.2. The molecular weight excluding hydrogens is 204 g/mol. The Morgan fingerprint density at radius 2 is 1.88 bits per heavy atom. The molecule has 2 atom stereocenters. The number of rotatable bonds is 6. The fraction of sp³-hybridized carbons (Fsp3) is 0.923. The highest BCUT2D eigenvalue weighted by Gasteiger charge is 2.31. The van der Waals surface area contributed by atoms with Crippen molar-refractivity contribution in [2.45, 2.75) is 53.9 Å². The van der Waals surface area contributed by atoms with Crippen molar-refractivity contribution in [2.75, 3.05) is 7.11 Å². The van der Waals surface area contributed by atoms with E-state index >= 15 is 0 Å². The average molecular weight is 230 g/mol. The molecule has 0 aromatic rings. The Kier molecular flexibility index (Phi) is 6.65. The van der Waals surface area contributed by atoms with E-state index < -0.39 is 0 Å². The summed E-state index contributed by atoms with van der Waals surface area (Å²) in [6.07, 6.45) is 2.96. The zero-order chi connectivity index (χ0) is 12.8. The monoisotopic (exact) mass is 230 g/mol. The molecule has 0 aliphatic carbocycles. The summed E-state index contributed by atoms with van der Waals surface area (Å²) in [5, 5.41) is 0. The van der Waals surface area contributed by atoms with Gasteiger partial charge in [0.2, 0.25) is 0 Å². The molecular formula is C13H26O3. The molecule has 0 aliphatic heterocycles. The van der Waals surface area contributed by atoms with Gasteiger partial charge in [-0.15, -0.1) is 0 Å². The molecule has 0 N–H and O–H groups in total. The van der Waals surface area contributed by atoms with Crippen molar-refractivity contribution in [3.05, 3.63) is 0 Å². The molecule has 0 rings (SSSR count). The minimum atomic E-state index is -0.238. The first-order valence-corrected chi connectivity index (χ1v) is 6.06. The van der Waals surface area contributed by atoms with Gasteiger partial charge >= 0.3 is 5.97 Å². The SMILES string of the molecule is CCCC(C)C(CC(C)(C)C)C(=O)OOC. The molecule has 0 saturated carbocycles. The van der Waals surface area contributed by atoms with Gasteiger partial charge in [0.05, 0.1) is 13.0 Å². The molecule has 0 spiro atoms. The van der Waals surface area contributed by atoms with Gasteiger partial charge in [-0.05, 0) is 17.8 Å². The van der Waals surface area contributed by atoms with Gasteiger partial charge in [-0.2, -0.15) is 4.89 Å². The van der Waals surface area contributed by atoms with Crippen LogP contribution in [0.3, 0.4) is 0 Å². The minimum Gasteiger partial charge on any atom is -0.298 e. The van der Waals surface area contributed by atoms with Crippen LogP contribution in [0.2, 0.25) is 0 Å². The highest BCUT2D eigenvalue weighted by molar-refractivity contribution is 5.72. The van der Waals surface area contributed by atoms with Crippen LogP contribution in [0.5, 0.6) is 0 Å². The third-order valence-corrected chi connectivity index (χ3v) is 2.73. The zero-order valence-electron chi connectivity index (χ0n) is 11.5. The Labute approximate surface area is 99.4 Å². The first kappa shape index (κ1) is 15.4. The van der Waals surface area contributed by atoms with E-state index in [2.05, 4.69) is 44.4 Å². The second kappa shape index (κ2) is 6.89. The van der Waals surface area contributed by atoms with Gasteiger partial charge in [-0.25, -0.2) is 4.79 Å². The van der Waals surface area contributed by atoms with E-state index in [-0.39, 0.29) is 17.3 Å². The second-order valence-corrected chi connectivity index (χ2v) is 5.71. The number of carbonyl (C=O) groups is 1. The lowest BCUT2D eigenvalue weighted by molar-refractivity contribution is -0.261. The Morgan fingerprint density at radius 1 is 1.31 bits per heavy atom. The van der Waals surface area contributed by atoms with Gasteiger partial charge < -0.3 is 0 Å². The van der Waals surface area contributed by atoms with E-state index in [1.165, 1.54) is 7.11 Å². The molecule has 0 heterocycles. The predicted octanol–water partition coefficient (Wildman–Crippen LogP) is 3.58. The van der Waals surface area contributed by atoms with Crippen LogP contribution in [0.15, 0.2) is 0 Å². The maximum Gasteiger partial charge on any atom is 0.345 e. The van der Waals surface area contributed by atoms with Crippen molar-refractivity contribution < 1.29 is 14.6 Å². The molecule has 0 saturated heterocycles. The molecule has 96 valence electrons. The van der Waals surface area contributed by atoms with Crippen molar-refractivity contribution >= 4 is 5.97 Å². The van der Waals surface area contributed by atoms with Gasteiger partial charge in [-0.3, -0.25) is 4.89 Å². The van der Waals surface area contributed by atoms with Crippen LogP contribution in [0.1, 0.15) is 53.9 Å². The van der Waals surface area contributed by atoms with Crippen molar-refractivity contribution in [1.29, 1.82) is 0 Å².